The molecule has 128 valence electrons. The van der Waals surface area contributed by atoms with E-state index in [2.05, 4.69) is 13.8 Å². The second-order valence-electron chi connectivity index (χ2n) is 9.17. The van der Waals surface area contributed by atoms with Gasteiger partial charge in [-0.3, -0.25) is 0 Å². The molecule has 4 fully saturated rings. The van der Waals surface area contributed by atoms with Gasteiger partial charge >= 0.3 is 0 Å². The molecule has 0 aromatic heterocycles. The fourth-order valence-electron chi connectivity index (χ4n) is 7.23. The van der Waals surface area contributed by atoms with Gasteiger partial charge in [0.05, 0.1) is 6.10 Å². The first-order valence-electron chi connectivity index (χ1n) is 10.2. The van der Waals surface area contributed by atoms with Crippen molar-refractivity contribution in [1.82, 2.24) is 0 Å². The van der Waals surface area contributed by atoms with Crippen LogP contribution in [0.15, 0.2) is 0 Å². The van der Waals surface area contributed by atoms with Gasteiger partial charge in [-0.05, 0) is 92.3 Å². The Morgan fingerprint density at radius 1 is 0.818 bits per heavy atom. The Kier molecular flexibility index (Phi) is 4.67. The molecule has 0 aromatic carbocycles. The zero-order chi connectivity index (χ0) is 16.0. The van der Waals surface area contributed by atoms with E-state index in [9.17, 15) is 5.11 Å². The van der Waals surface area contributed by atoms with Crippen LogP contribution in [0.5, 0.6) is 0 Å². The molecular weight excluding hydrogens is 268 g/mol. The van der Waals surface area contributed by atoms with Crippen molar-refractivity contribution in [2.45, 2.75) is 98.0 Å². The number of hydrogen-bond acceptors (Lipinski definition) is 1. The van der Waals surface area contributed by atoms with Gasteiger partial charge in [-0.25, -0.2) is 0 Å². The van der Waals surface area contributed by atoms with Crippen LogP contribution < -0.4 is 0 Å². The minimum atomic E-state index is 0.00459. The number of aliphatic hydroxyl groups excluding tert-OH is 1. The van der Waals surface area contributed by atoms with Crippen molar-refractivity contribution in [2.75, 3.05) is 0 Å². The molecule has 7 unspecified atom stereocenters. The van der Waals surface area contributed by atoms with E-state index in [0.29, 0.717) is 10.8 Å². The third-order valence-electron chi connectivity index (χ3n) is 8.42. The maximum absolute atomic E-state index is 10.0. The molecule has 4 aliphatic rings. The van der Waals surface area contributed by atoms with Crippen LogP contribution >= 0.6 is 0 Å². The summed E-state index contributed by atoms with van der Waals surface area (Å²) in [4.78, 5) is 0. The molecule has 7 atom stereocenters. The molecule has 0 amide bonds. The van der Waals surface area contributed by atoms with Crippen LogP contribution in [-0.4, -0.2) is 11.2 Å². The first-order chi connectivity index (χ1) is 10.5. The van der Waals surface area contributed by atoms with Crippen molar-refractivity contribution in [2.24, 2.45) is 34.5 Å². The minimum Gasteiger partial charge on any atom is -0.393 e. The molecule has 0 heterocycles. The molecule has 1 nitrogen and oxygen atoms in total. The summed E-state index contributed by atoms with van der Waals surface area (Å²) in [6.45, 7) is 9.19. The van der Waals surface area contributed by atoms with E-state index >= 15 is 0 Å². The summed E-state index contributed by atoms with van der Waals surface area (Å²) >= 11 is 0. The molecule has 4 saturated carbocycles. The maximum Gasteiger partial charge on any atom is 0.0543 e. The monoisotopic (exact) mass is 306 g/mol. The van der Waals surface area contributed by atoms with Gasteiger partial charge in [-0.2, -0.15) is 0 Å². The lowest BCUT2D eigenvalue weighted by atomic mass is 9.45. The van der Waals surface area contributed by atoms with Crippen molar-refractivity contribution in [1.29, 1.82) is 0 Å². The summed E-state index contributed by atoms with van der Waals surface area (Å²) in [5.41, 5.74) is 1.25. The fraction of sp³-hybridized carbons (Fsp3) is 1.00. The van der Waals surface area contributed by atoms with Crippen molar-refractivity contribution < 1.29 is 5.11 Å². The average molecular weight is 307 g/mol. The molecule has 0 saturated heterocycles. The van der Waals surface area contributed by atoms with Crippen molar-refractivity contribution in [3.8, 4) is 0 Å². The average Bonchev–Trinajstić information content (AvgIpc) is 2.92. The quantitative estimate of drug-likeness (QED) is 0.599. The molecule has 4 aliphatic carbocycles. The van der Waals surface area contributed by atoms with E-state index in [1.807, 2.05) is 13.8 Å². The number of fused-ring (bicyclic) bond motifs is 5. The zero-order valence-corrected chi connectivity index (χ0v) is 15.4. The Labute approximate surface area is 138 Å². The SMILES string of the molecule is CC.CC12CCCC1C1CCC3CC(O)CCC3(C)C1CC2. The highest BCUT2D eigenvalue weighted by molar-refractivity contribution is 5.07. The number of hydrogen-bond donors (Lipinski definition) is 1. The lowest BCUT2D eigenvalue weighted by Gasteiger charge is -2.60. The molecule has 0 radical (unpaired) electrons. The standard InChI is InChI=1S/C19H32O.C2H6/c1-18-9-3-4-16(18)15-6-5-13-12-14(20)7-11-19(13,2)17(15)8-10-18;1-2/h13-17,20H,3-12H2,1-2H3;1-2H3. The topological polar surface area (TPSA) is 20.2 Å². The first kappa shape index (κ1) is 16.8. The number of aliphatic hydroxyl groups is 1. The Morgan fingerprint density at radius 3 is 2.36 bits per heavy atom. The van der Waals surface area contributed by atoms with Crippen LogP contribution in [0.4, 0.5) is 0 Å². The third kappa shape index (κ3) is 2.46. The molecule has 22 heavy (non-hydrogen) atoms. The fourth-order valence-corrected chi connectivity index (χ4v) is 7.23. The maximum atomic E-state index is 10.0. The van der Waals surface area contributed by atoms with Gasteiger partial charge in [0, 0.05) is 0 Å². The van der Waals surface area contributed by atoms with Gasteiger partial charge in [-0.1, -0.05) is 34.1 Å². The van der Waals surface area contributed by atoms with Crippen molar-refractivity contribution in [3.05, 3.63) is 0 Å². The van der Waals surface area contributed by atoms with Crippen molar-refractivity contribution in [3.63, 3.8) is 0 Å². The van der Waals surface area contributed by atoms with Crippen LogP contribution in [0, 0.1) is 34.5 Å². The lowest BCUT2D eigenvalue weighted by molar-refractivity contribution is -0.120. The highest BCUT2D eigenvalue weighted by Crippen LogP contribution is 2.66. The third-order valence-corrected chi connectivity index (χ3v) is 8.42. The second-order valence-corrected chi connectivity index (χ2v) is 9.17. The van der Waals surface area contributed by atoms with E-state index in [4.69, 9.17) is 0 Å². The molecule has 0 spiro atoms. The van der Waals surface area contributed by atoms with Gasteiger partial charge in [0.25, 0.3) is 0 Å². The molecular formula is C21H38O. The molecule has 4 rings (SSSR count). The molecule has 0 aliphatic heterocycles. The second kappa shape index (κ2) is 6.11. The van der Waals surface area contributed by atoms with Gasteiger partial charge in [0.1, 0.15) is 0 Å². The smallest absolute Gasteiger partial charge is 0.0543 e. The van der Waals surface area contributed by atoms with E-state index < -0.39 is 0 Å². The van der Waals surface area contributed by atoms with Crippen LogP contribution in [0.2, 0.25) is 0 Å². The predicted molar refractivity (Wildman–Crippen MR) is 93.7 cm³/mol. The van der Waals surface area contributed by atoms with Gasteiger partial charge < -0.3 is 5.11 Å². The zero-order valence-electron chi connectivity index (χ0n) is 15.4. The van der Waals surface area contributed by atoms with Crippen LogP contribution in [-0.2, 0) is 0 Å². The van der Waals surface area contributed by atoms with Crippen molar-refractivity contribution >= 4 is 0 Å². The predicted octanol–water partition coefficient (Wildman–Crippen LogP) is 5.81. The Hall–Kier alpha value is -0.0400. The highest BCUT2D eigenvalue weighted by Gasteiger charge is 2.57. The molecule has 1 heteroatoms. The summed E-state index contributed by atoms with van der Waals surface area (Å²) < 4.78 is 0. The summed E-state index contributed by atoms with van der Waals surface area (Å²) in [5, 5.41) is 10.0. The minimum absolute atomic E-state index is 0.00459. The largest absolute Gasteiger partial charge is 0.393 e. The lowest BCUT2D eigenvalue weighted by Crippen LogP contribution is -2.53. The summed E-state index contributed by atoms with van der Waals surface area (Å²) in [6, 6.07) is 0. The van der Waals surface area contributed by atoms with E-state index in [1.165, 1.54) is 51.4 Å². The van der Waals surface area contributed by atoms with Crippen LogP contribution in [0.25, 0.3) is 0 Å². The highest BCUT2D eigenvalue weighted by atomic mass is 16.3. The Balaban J connectivity index is 0.000000693. The van der Waals surface area contributed by atoms with E-state index in [0.717, 1.165) is 36.5 Å². The van der Waals surface area contributed by atoms with Crippen LogP contribution in [0.1, 0.15) is 91.9 Å². The van der Waals surface area contributed by atoms with E-state index in [-0.39, 0.29) is 6.10 Å². The normalized spacial score (nSPS) is 53.6. The Bertz CT molecular complexity index is 391. The Morgan fingerprint density at radius 2 is 1.59 bits per heavy atom. The van der Waals surface area contributed by atoms with Gasteiger partial charge in [0.15, 0.2) is 0 Å². The van der Waals surface area contributed by atoms with E-state index in [1.54, 1.807) is 0 Å². The first-order valence-corrected chi connectivity index (χ1v) is 10.2. The summed E-state index contributed by atoms with van der Waals surface area (Å²) in [7, 11) is 0. The summed E-state index contributed by atoms with van der Waals surface area (Å²) in [6.07, 6.45) is 13.8. The van der Waals surface area contributed by atoms with Gasteiger partial charge in [0.2, 0.25) is 0 Å². The van der Waals surface area contributed by atoms with Gasteiger partial charge in [-0.15, -0.1) is 0 Å². The molecule has 1 N–H and O–H groups in total. The molecule has 0 bridgehead atoms. The van der Waals surface area contributed by atoms with Crippen LogP contribution in [0.3, 0.4) is 0 Å². The molecule has 0 aromatic rings. The number of rotatable bonds is 0. The summed E-state index contributed by atoms with van der Waals surface area (Å²) in [5.74, 6) is 3.85.